The van der Waals surface area contributed by atoms with E-state index in [1.807, 2.05) is 0 Å². The van der Waals surface area contributed by atoms with Gasteiger partial charge in [-0.2, -0.15) is 0 Å². The number of hydrogen-bond acceptors (Lipinski definition) is 1. The predicted octanol–water partition coefficient (Wildman–Crippen LogP) is 2.99. The topological polar surface area (TPSA) is 12.0 Å². The molecule has 0 spiro atoms. The third-order valence-electron chi connectivity index (χ3n) is 3.09. The van der Waals surface area contributed by atoms with Crippen molar-refractivity contribution in [2.24, 2.45) is 5.92 Å². The summed E-state index contributed by atoms with van der Waals surface area (Å²) < 4.78 is 38.8. The zero-order valence-electron chi connectivity index (χ0n) is 9.06. The summed E-state index contributed by atoms with van der Waals surface area (Å²) in [5.41, 5.74) is 0.181. The number of rotatable bonds is 4. The molecule has 0 aromatic heterocycles. The van der Waals surface area contributed by atoms with Gasteiger partial charge in [-0.3, -0.25) is 0 Å². The standard InChI is InChI=1S/C12H14F3N/c1-2-7-4-12(7)16-6-8-3-10(14)11(15)5-9(8)13/h3,5,7,12,16H,2,4,6H2,1H3. The van der Waals surface area contributed by atoms with Crippen LogP contribution in [0.4, 0.5) is 13.2 Å². The molecular weight excluding hydrogens is 215 g/mol. The van der Waals surface area contributed by atoms with E-state index in [-0.39, 0.29) is 12.1 Å². The average molecular weight is 229 g/mol. The van der Waals surface area contributed by atoms with Gasteiger partial charge in [-0.15, -0.1) is 0 Å². The highest BCUT2D eigenvalue weighted by Gasteiger charge is 2.34. The van der Waals surface area contributed by atoms with E-state index in [2.05, 4.69) is 12.2 Å². The fourth-order valence-electron chi connectivity index (χ4n) is 1.89. The summed E-state index contributed by atoms with van der Waals surface area (Å²) in [7, 11) is 0. The van der Waals surface area contributed by atoms with Gasteiger partial charge in [-0.25, -0.2) is 13.2 Å². The van der Waals surface area contributed by atoms with Gasteiger partial charge < -0.3 is 5.32 Å². The first kappa shape index (κ1) is 11.5. The molecule has 1 aromatic rings. The minimum atomic E-state index is -1.14. The van der Waals surface area contributed by atoms with Gasteiger partial charge in [0, 0.05) is 24.2 Å². The number of nitrogens with one attached hydrogen (secondary N) is 1. The summed E-state index contributed by atoms with van der Waals surface area (Å²) in [5, 5.41) is 3.13. The number of hydrogen-bond donors (Lipinski definition) is 1. The third kappa shape index (κ3) is 2.38. The Balaban J connectivity index is 1.97. The van der Waals surface area contributed by atoms with Crippen LogP contribution in [0.3, 0.4) is 0 Å². The average Bonchev–Trinajstić information content (AvgIpc) is 3.00. The van der Waals surface area contributed by atoms with E-state index in [0.717, 1.165) is 18.9 Å². The zero-order chi connectivity index (χ0) is 11.7. The van der Waals surface area contributed by atoms with E-state index in [0.29, 0.717) is 18.0 Å². The molecule has 1 saturated carbocycles. The molecule has 2 atom stereocenters. The maximum absolute atomic E-state index is 13.2. The molecule has 1 fully saturated rings. The van der Waals surface area contributed by atoms with Crippen molar-refractivity contribution in [1.82, 2.24) is 5.32 Å². The molecule has 88 valence electrons. The highest BCUT2D eigenvalue weighted by atomic mass is 19.2. The van der Waals surface area contributed by atoms with Crippen molar-refractivity contribution in [2.45, 2.75) is 32.4 Å². The lowest BCUT2D eigenvalue weighted by molar-refractivity contribution is 0.485. The maximum Gasteiger partial charge on any atom is 0.161 e. The lowest BCUT2D eigenvalue weighted by Crippen LogP contribution is -2.18. The van der Waals surface area contributed by atoms with E-state index in [4.69, 9.17) is 0 Å². The van der Waals surface area contributed by atoms with Crippen molar-refractivity contribution in [3.63, 3.8) is 0 Å². The highest BCUT2D eigenvalue weighted by Crippen LogP contribution is 2.33. The number of halogens is 3. The van der Waals surface area contributed by atoms with Crippen LogP contribution >= 0.6 is 0 Å². The van der Waals surface area contributed by atoms with E-state index in [9.17, 15) is 13.2 Å². The second kappa shape index (κ2) is 4.45. The second-order valence-corrected chi connectivity index (χ2v) is 4.25. The molecule has 2 rings (SSSR count). The van der Waals surface area contributed by atoms with Gasteiger partial charge >= 0.3 is 0 Å². The molecule has 4 heteroatoms. The van der Waals surface area contributed by atoms with Crippen LogP contribution in [0.2, 0.25) is 0 Å². The largest absolute Gasteiger partial charge is 0.310 e. The lowest BCUT2D eigenvalue weighted by atomic mass is 10.2. The van der Waals surface area contributed by atoms with Gasteiger partial charge in [0.25, 0.3) is 0 Å². The Morgan fingerprint density at radius 2 is 1.88 bits per heavy atom. The van der Waals surface area contributed by atoms with Gasteiger partial charge in [0.2, 0.25) is 0 Å². The smallest absolute Gasteiger partial charge is 0.161 e. The highest BCUT2D eigenvalue weighted by molar-refractivity contribution is 5.20. The Morgan fingerprint density at radius 1 is 1.19 bits per heavy atom. The van der Waals surface area contributed by atoms with Gasteiger partial charge in [-0.05, 0) is 18.4 Å². The van der Waals surface area contributed by atoms with Crippen LogP contribution in [-0.4, -0.2) is 6.04 Å². The Morgan fingerprint density at radius 3 is 2.50 bits per heavy atom. The van der Waals surface area contributed by atoms with Gasteiger partial charge in [0.05, 0.1) is 0 Å². The van der Waals surface area contributed by atoms with Gasteiger partial charge in [0.15, 0.2) is 11.6 Å². The van der Waals surface area contributed by atoms with Crippen molar-refractivity contribution >= 4 is 0 Å². The fraction of sp³-hybridized carbons (Fsp3) is 0.500. The Bertz CT molecular complexity index is 392. The van der Waals surface area contributed by atoms with Crippen LogP contribution in [0.1, 0.15) is 25.3 Å². The second-order valence-electron chi connectivity index (χ2n) is 4.25. The molecule has 0 heterocycles. The first-order valence-corrected chi connectivity index (χ1v) is 5.48. The molecule has 0 radical (unpaired) electrons. The van der Waals surface area contributed by atoms with Crippen LogP contribution < -0.4 is 5.32 Å². The van der Waals surface area contributed by atoms with E-state index >= 15 is 0 Å². The molecule has 16 heavy (non-hydrogen) atoms. The van der Waals surface area contributed by atoms with Crippen LogP contribution in [0, 0.1) is 23.4 Å². The van der Waals surface area contributed by atoms with Crippen molar-refractivity contribution in [3.05, 3.63) is 35.1 Å². The Kier molecular flexibility index (Phi) is 3.19. The molecule has 1 aromatic carbocycles. The van der Waals surface area contributed by atoms with E-state index in [1.54, 1.807) is 0 Å². The zero-order valence-corrected chi connectivity index (χ0v) is 9.06. The minimum absolute atomic E-state index is 0.181. The normalized spacial score (nSPS) is 23.5. The molecule has 1 aliphatic carbocycles. The molecule has 1 N–H and O–H groups in total. The molecule has 0 amide bonds. The molecule has 0 bridgehead atoms. The van der Waals surface area contributed by atoms with E-state index < -0.39 is 17.5 Å². The lowest BCUT2D eigenvalue weighted by Gasteiger charge is -2.06. The maximum atomic E-state index is 13.2. The van der Waals surface area contributed by atoms with E-state index in [1.165, 1.54) is 0 Å². The summed E-state index contributed by atoms with van der Waals surface area (Å²) in [6.07, 6.45) is 2.18. The summed E-state index contributed by atoms with van der Waals surface area (Å²) in [4.78, 5) is 0. The van der Waals surface area contributed by atoms with Crippen LogP contribution in [0.25, 0.3) is 0 Å². The summed E-state index contributed by atoms with van der Waals surface area (Å²) in [6.45, 7) is 2.36. The summed E-state index contributed by atoms with van der Waals surface area (Å²) >= 11 is 0. The van der Waals surface area contributed by atoms with Crippen molar-refractivity contribution < 1.29 is 13.2 Å². The van der Waals surface area contributed by atoms with Gasteiger partial charge in [-0.1, -0.05) is 13.3 Å². The quantitative estimate of drug-likeness (QED) is 0.782. The van der Waals surface area contributed by atoms with Crippen LogP contribution in [0.15, 0.2) is 12.1 Å². The molecule has 1 nitrogen and oxygen atoms in total. The van der Waals surface area contributed by atoms with Crippen molar-refractivity contribution in [1.29, 1.82) is 0 Å². The monoisotopic (exact) mass is 229 g/mol. The molecule has 0 saturated heterocycles. The third-order valence-corrected chi connectivity index (χ3v) is 3.09. The van der Waals surface area contributed by atoms with Crippen molar-refractivity contribution in [2.75, 3.05) is 0 Å². The first-order valence-electron chi connectivity index (χ1n) is 5.48. The minimum Gasteiger partial charge on any atom is -0.310 e. The first-order chi connectivity index (χ1) is 7.61. The van der Waals surface area contributed by atoms with Crippen LogP contribution in [0.5, 0.6) is 0 Å². The SMILES string of the molecule is CCC1CC1NCc1cc(F)c(F)cc1F. The molecule has 0 aliphatic heterocycles. The molecule has 1 aliphatic rings. The fourth-order valence-corrected chi connectivity index (χ4v) is 1.89. The predicted molar refractivity (Wildman–Crippen MR) is 55.3 cm³/mol. The Labute approximate surface area is 92.7 Å². The number of benzene rings is 1. The molecule has 2 unspecified atom stereocenters. The summed E-state index contributed by atoms with van der Waals surface area (Å²) in [5.74, 6) is -2.19. The van der Waals surface area contributed by atoms with Crippen molar-refractivity contribution in [3.8, 4) is 0 Å². The summed E-state index contributed by atoms with van der Waals surface area (Å²) in [6, 6.07) is 1.91. The molecular formula is C12H14F3N. The van der Waals surface area contributed by atoms with Gasteiger partial charge in [0.1, 0.15) is 5.82 Å². The van der Waals surface area contributed by atoms with Crippen LogP contribution in [-0.2, 0) is 6.54 Å². The Hall–Kier alpha value is -1.03.